The Hall–Kier alpha value is -1.03. The summed E-state index contributed by atoms with van der Waals surface area (Å²) in [6, 6.07) is 7.84. The molecule has 0 bridgehead atoms. The van der Waals surface area contributed by atoms with Crippen LogP contribution in [-0.2, 0) is 10.3 Å². The molecule has 1 aromatic rings. The number of hydrogen-bond acceptors (Lipinski definition) is 2. The predicted octanol–water partition coefficient (Wildman–Crippen LogP) is 2.40. The topological polar surface area (TPSA) is 38.3 Å². The molecule has 1 unspecified atom stereocenters. The zero-order chi connectivity index (χ0) is 10.2. The average molecular weight is 256 g/mol. The van der Waals surface area contributed by atoms with Crippen LogP contribution in [0.15, 0.2) is 28.7 Å². The van der Waals surface area contributed by atoms with Crippen LogP contribution in [-0.4, -0.2) is 12.7 Å². The lowest BCUT2D eigenvalue weighted by atomic mass is 9.94. The Kier molecular flexibility index (Phi) is 2.23. The molecule has 1 fully saturated rings. The molecular weight excluding hydrogens is 246 g/mol. The van der Waals surface area contributed by atoms with Crippen molar-refractivity contribution >= 4 is 22.0 Å². The number of nitrogens with one attached hydrogen (secondary N) is 1. The van der Waals surface area contributed by atoms with Crippen LogP contribution in [0.4, 0.5) is 4.79 Å². The molecule has 74 valence electrons. The van der Waals surface area contributed by atoms with E-state index in [-0.39, 0.29) is 6.09 Å². The van der Waals surface area contributed by atoms with Crippen LogP contribution in [0.1, 0.15) is 12.5 Å². The number of hydrogen-bond donors (Lipinski definition) is 1. The maximum absolute atomic E-state index is 11.0. The largest absolute Gasteiger partial charge is 0.447 e. The van der Waals surface area contributed by atoms with Crippen molar-refractivity contribution in [3.63, 3.8) is 0 Å². The summed E-state index contributed by atoms with van der Waals surface area (Å²) in [6.45, 7) is 2.32. The summed E-state index contributed by atoms with van der Waals surface area (Å²) >= 11 is 3.39. The fourth-order valence-corrected chi connectivity index (χ4v) is 1.89. The summed E-state index contributed by atoms with van der Waals surface area (Å²) < 4.78 is 5.89. The zero-order valence-corrected chi connectivity index (χ0v) is 9.30. The fourth-order valence-electron chi connectivity index (χ4n) is 1.49. The maximum Gasteiger partial charge on any atom is 0.408 e. The molecular formula is C10H10BrNO2. The average Bonchev–Trinajstić information content (AvgIpc) is 2.48. The van der Waals surface area contributed by atoms with Gasteiger partial charge in [0.05, 0.1) is 5.54 Å². The van der Waals surface area contributed by atoms with E-state index in [0.717, 1.165) is 10.0 Å². The van der Waals surface area contributed by atoms with E-state index in [4.69, 9.17) is 4.74 Å². The molecule has 4 heteroatoms. The molecule has 1 aromatic carbocycles. The first kappa shape index (κ1) is 9.52. The Bertz CT molecular complexity index is 380. The minimum absolute atomic E-state index is 0.354. The van der Waals surface area contributed by atoms with Gasteiger partial charge in [-0.05, 0) is 24.6 Å². The van der Waals surface area contributed by atoms with Gasteiger partial charge in [-0.25, -0.2) is 4.79 Å². The van der Waals surface area contributed by atoms with E-state index in [0.29, 0.717) is 6.61 Å². The second-order valence-electron chi connectivity index (χ2n) is 3.54. The van der Waals surface area contributed by atoms with Crippen molar-refractivity contribution in [2.75, 3.05) is 6.61 Å². The normalized spacial score (nSPS) is 25.7. The highest BCUT2D eigenvalue weighted by Gasteiger charge is 2.36. The Morgan fingerprint density at radius 2 is 2.36 bits per heavy atom. The lowest BCUT2D eigenvalue weighted by Gasteiger charge is -2.21. The highest BCUT2D eigenvalue weighted by molar-refractivity contribution is 9.10. The molecule has 0 aromatic heterocycles. The minimum atomic E-state index is -0.402. The molecule has 1 N–H and O–H groups in total. The van der Waals surface area contributed by atoms with E-state index in [1.165, 1.54) is 0 Å². The highest BCUT2D eigenvalue weighted by atomic mass is 79.9. The molecule has 0 aliphatic carbocycles. The van der Waals surface area contributed by atoms with Gasteiger partial charge in [0.15, 0.2) is 0 Å². The van der Waals surface area contributed by atoms with Gasteiger partial charge in [-0.1, -0.05) is 28.1 Å². The molecule has 1 aliphatic heterocycles. The van der Waals surface area contributed by atoms with Crippen molar-refractivity contribution < 1.29 is 9.53 Å². The second-order valence-corrected chi connectivity index (χ2v) is 4.46. The van der Waals surface area contributed by atoms with E-state index < -0.39 is 5.54 Å². The number of ether oxygens (including phenoxy) is 1. The van der Waals surface area contributed by atoms with Gasteiger partial charge in [0.2, 0.25) is 0 Å². The second kappa shape index (κ2) is 3.28. The van der Waals surface area contributed by atoms with Gasteiger partial charge >= 0.3 is 6.09 Å². The third-order valence-corrected chi connectivity index (χ3v) is 2.82. The van der Waals surface area contributed by atoms with Crippen molar-refractivity contribution in [2.45, 2.75) is 12.5 Å². The van der Waals surface area contributed by atoms with E-state index >= 15 is 0 Å². The van der Waals surface area contributed by atoms with Crippen LogP contribution >= 0.6 is 15.9 Å². The third-order valence-electron chi connectivity index (χ3n) is 2.33. The Morgan fingerprint density at radius 1 is 1.57 bits per heavy atom. The lowest BCUT2D eigenvalue weighted by Crippen LogP contribution is -2.37. The van der Waals surface area contributed by atoms with Crippen LogP contribution in [0.3, 0.4) is 0 Å². The summed E-state index contributed by atoms with van der Waals surface area (Å²) in [5.74, 6) is 0. The molecule has 0 spiro atoms. The summed E-state index contributed by atoms with van der Waals surface area (Å²) in [5, 5.41) is 2.79. The molecule has 1 aliphatic rings. The Balaban J connectivity index is 2.34. The van der Waals surface area contributed by atoms with E-state index in [2.05, 4.69) is 21.2 Å². The van der Waals surface area contributed by atoms with Crippen LogP contribution in [0.5, 0.6) is 0 Å². The van der Waals surface area contributed by atoms with Crippen molar-refractivity contribution in [2.24, 2.45) is 0 Å². The number of amides is 1. The first-order valence-corrected chi connectivity index (χ1v) is 5.10. The molecule has 1 saturated heterocycles. The number of carbonyl (C=O) groups is 1. The number of alkyl carbamates (subject to hydrolysis) is 1. The lowest BCUT2D eigenvalue weighted by molar-refractivity contribution is 0.173. The maximum atomic E-state index is 11.0. The first-order chi connectivity index (χ1) is 6.60. The third kappa shape index (κ3) is 1.62. The van der Waals surface area contributed by atoms with Crippen molar-refractivity contribution in [1.82, 2.24) is 5.32 Å². The molecule has 0 saturated carbocycles. The number of rotatable bonds is 1. The first-order valence-electron chi connectivity index (χ1n) is 4.31. The van der Waals surface area contributed by atoms with Crippen molar-refractivity contribution in [3.8, 4) is 0 Å². The standard InChI is InChI=1S/C10H10BrNO2/c1-10(6-14-9(13)12-10)7-3-2-4-8(11)5-7/h2-5H,6H2,1H3,(H,12,13). The summed E-state index contributed by atoms with van der Waals surface area (Å²) in [6.07, 6.45) is -0.354. The SMILES string of the molecule is CC1(c2cccc(Br)c2)COC(=O)N1. The Labute approximate surface area is 90.6 Å². The Morgan fingerprint density at radius 3 is 2.93 bits per heavy atom. The minimum Gasteiger partial charge on any atom is -0.447 e. The highest BCUT2D eigenvalue weighted by Crippen LogP contribution is 2.27. The molecule has 3 nitrogen and oxygen atoms in total. The smallest absolute Gasteiger partial charge is 0.408 e. The number of benzene rings is 1. The van der Waals surface area contributed by atoms with Gasteiger partial charge in [-0.15, -0.1) is 0 Å². The summed E-state index contributed by atoms with van der Waals surface area (Å²) in [7, 11) is 0. The van der Waals surface area contributed by atoms with Crippen LogP contribution in [0.25, 0.3) is 0 Å². The van der Waals surface area contributed by atoms with Gasteiger partial charge < -0.3 is 10.1 Å². The molecule has 1 amide bonds. The van der Waals surface area contributed by atoms with E-state index in [1.807, 2.05) is 31.2 Å². The zero-order valence-electron chi connectivity index (χ0n) is 7.71. The van der Waals surface area contributed by atoms with Gasteiger partial charge in [0.25, 0.3) is 0 Å². The van der Waals surface area contributed by atoms with Gasteiger partial charge in [-0.2, -0.15) is 0 Å². The molecule has 1 atom stereocenters. The van der Waals surface area contributed by atoms with Gasteiger partial charge in [0.1, 0.15) is 6.61 Å². The van der Waals surface area contributed by atoms with Crippen molar-refractivity contribution in [1.29, 1.82) is 0 Å². The van der Waals surface area contributed by atoms with E-state index in [1.54, 1.807) is 0 Å². The molecule has 2 rings (SSSR count). The van der Waals surface area contributed by atoms with Crippen LogP contribution < -0.4 is 5.32 Å². The number of halogens is 1. The monoisotopic (exact) mass is 255 g/mol. The predicted molar refractivity (Wildman–Crippen MR) is 56.0 cm³/mol. The summed E-state index contributed by atoms with van der Waals surface area (Å²) in [5.41, 5.74) is 0.638. The number of carbonyl (C=O) groups excluding carboxylic acids is 1. The molecule has 14 heavy (non-hydrogen) atoms. The van der Waals surface area contributed by atoms with Crippen molar-refractivity contribution in [3.05, 3.63) is 34.3 Å². The van der Waals surface area contributed by atoms with Crippen LogP contribution in [0, 0.1) is 0 Å². The number of cyclic esters (lactones) is 1. The van der Waals surface area contributed by atoms with Gasteiger partial charge in [0, 0.05) is 4.47 Å². The van der Waals surface area contributed by atoms with Gasteiger partial charge in [-0.3, -0.25) is 0 Å². The summed E-state index contributed by atoms with van der Waals surface area (Å²) in [4.78, 5) is 11.0. The fraction of sp³-hybridized carbons (Fsp3) is 0.300. The molecule has 0 radical (unpaired) electrons. The van der Waals surface area contributed by atoms with E-state index in [9.17, 15) is 4.79 Å². The molecule has 1 heterocycles. The van der Waals surface area contributed by atoms with Crippen LogP contribution in [0.2, 0.25) is 0 Å². The quantitative estimate of drug-likeness (QED) is 0.837.